The van der Waals surface area contributed by atoms with E-state index < -0.39 is 5.54 Å². The fourth-order valence-electron chi connectivity index (χ4n) is 2.36. The van der Waals surface area contributed by atoms with E-state index in [-0.39, 0.29) is 5.91 Å². The van der Waals surface area contributed by atoms with Crippen LogP contribution < -0.4 is 16.0 Å². The lowest BCUT2D eigenvalue weighted by atomic mass is 10.00. The van der Waals surface area contributed by atoms with Crippen LogP contribution in [0.4, 0.5) is 5.69 Å². The van der Waals surface area contributed by atoms with E-state index in [0.717, 1.165) is 18.7 Å². The molecule has 20 heavy (non-hydrogen) atoms. The Morgan fingerprint density at radius 2 is 1.85 bits per heavy atom. The molecule has 112 valence electrons. The molecule has 4 nitrogen and oxygen atoms in total. The van der Waals surface area contributed by atoms with Crippen LogP contribution in [0.15, 0.2) is 18.2 Å². The number of carbonyl (C=O) groups excluding carboxylic acids is 1. The van der Waals surface area contributed by atoms with Crippen molar-refractivity contribution in [3.05, 3.63) is 29.3 Å². The molecule has 0 aromatic heterocycles. The van der Waals surface area contributed by atoms with Crippen molar-refractivity contribution in [1.29, 1.82) is 0 Å². The van der Waals surface area contributed by atoms with Crippen molar-refractivity contribution in [2.75, 3.05) is 25.0 Å². The van der Waals surface area contributed by atoms with Crippen molar-refractivity contribution in [2.45, 2.75) is 39.7 Å². The highest BCUT2D eigenvalue weighted by atomic mass is 16.1. The van der Waals surface area contributed by atoms with Gasteiger partial charge in [0.25, 0.3) is 0 Å². The molecule has 1 amide bonds. The Morgan fingerprint density at radius 3 is 2.30 bits per heavy atom. The Bertz CT molecular complexity index is 453. The van der Waals surface area contributed by atoms with E-state index in [1.165, 1.54) is 11.1 Å². The van der Waals surface area contributed by atoms with Crippen LogP contribution in [0.1, 0.15) is 31.4 Å². The molecular weight excluding hydrogens is 250 g/mol. The number of nitrogens with zero attached hydrogens (tertiary/aromatic N) is 1. The average molecular weight is 277 g/mol. The van der Waals surface area contributed by atoms with Gasteiger partial charge >= 0.3 is 0 Å². The van der Waals surface area contributed by atoms with Crippen molar-refractivity contribution in [1.82, 2.24) is 5.32 Å². The lowest BCUT2D eigenvalue weighted by Gasteiger charge is -2.33. The molecule has 1 aromatic carbocycles. The molecule has 1 aromatic rings. The third-order valence-corrected chi connectivity index (χ3v) is 3.51. The first kappa shape index (κ1) is 16.5. The van der Waals surface area contributed by atoms with Gasteiger partial charge in [-0.15, -0.1) is 0 Å². The third-order valence-electron chi connectivity index (χ3n) is 3.51. The molecule has 1 atom stereocenters. The number of likely N-dealkylation sites (N-methyl/N-ethyl adjacent to an activating group) is 1. The normalized spacial score (nSPS) is 13.8. The van der Waals surface area contributed by atoms with Crippen molar-refractivity contribution in [3.63, 3.8) is 0 Å². The lowest BCUT2D eigenvalue weighted by Crippen LogP contribution is -2.59. The molecule has 4 heteroatoms. The van der Waals surface area contributed by atoms with Gasteiger partial charge in [-0.25, -0.2) is 0 Å². The van der Waals surface area contributed by atoms with Gasteiger partial charge in [-0.05, 0) is 57.0 Å². The standard InChI is InChI=1S/C16H27N3O/c1-6-7-18-16(4,15(17)20)11-19(5)14-9-12(2)8-13(3)10-14/h8-10,18H,6-7,11H2,1-5H3,(H2,17,20). The van der Waals surface area contributed by atoms with Gasteiger partial charge in [0.15, 0.2) is 0 Å². The van der Waals surface area contributed by atoms with E-state index in [2.05, 4.69) is 49.2 Å². The smallest absolute Gasteiger partial charge is 0.239 e. The van der Waals surface area contributed by atoms with Gasteiger partial charge in [0.05, 0.1) is 0 Å². The number of aryl methyl sites for hydroxylation is 2. The minimum Gasteiger partial charge on any atom is -0.372 e. The lowest BCUT2D eigenvalue weighted by molar-refractivity contribution is -0.123. The summed E-state index contributed by atoms with van der Waals surface area (Å²) in [5.74, 6) is -0.317. The zero-order valence-electron chi connectivity index (χ0n) is 13.3. The number of nitrogens with one attached hydrogen (secondary N) is 1. The summed E-state index contributed by atoms with van der Waals surface area (Å²) in [6.45, 7) is 9.41. The van der Waals surface area contributed by atoms with Gasteiger partial charge in [-0.1, -0.05) is 13.0 Å². The fraction of sp³-hybridized carbons (Fsp3) is 0.562. The first-order valence-corrected chi connectivity index (χ1v) is 7.13. The largest absolute Gasteiger partial charge is 0.372 e. The minimum atomic E-state index is -0.720. The zero-order valence-corrected chi connectivity index (χ0v) is 13.3. The average Bonchev–Trinajstić information content (AvgIpc) is 2.35. The molecule has 0 bridgehead atoms. The minimum absolute atomic E-state index is 0.317. The van der Waals surface area contributed by atoms with Gasteiger partial charge < -0.3 is 16.0 Å². The van der Waals surface area contributed by atoms with E-state index in [9.17, 15) is 4.79 Å². The van der Waals surface area contributed by atoms with Crippen LogP contribution in [0.25, 0.3) is 0 Å². The molecule has 0 radical (unpaired) electrons. The Balaban J connectivity index is 2.90. The van der Waals surface area contributed by atoms with Crippen LogP contribution in [-0.2, 0) is 4.79 Å². The van der Waals surface area contributed by atoms with Crippen molar-refractivity contribution >= 4 is 11.6 Å². The zero-order chi connectivity index (χ0) is 15.3. The predicted molar refractivity (Wildman–Crippen MR) is 85.1 cm³/mol. The summed E-state index contributed by atoms with van der Waals surface area (Å²) in [4.78, 5) is 13.8. The second-order valence-electron chi connectivity index (χ2n) is 5.83. The molecular formula is C16H27N3O. The first-order chi connectivity index (χ1) is 9.28. The van der Waals surface area contributed by atoms with Crippen LogP contribution in [0.5, 0.6) is 0 Å². The van der Waals surface area contributed by atoms with Crippen molar-refractivity contribution in [3.8, 4) is 0 Å². The number of anilines is 1. The fourth-order valence-corrected chi connectivity index (χ4v) is 2.36. The summed E-state index contributed by atoms with van der Waals surface area (Å²) in [6.07, 6.45) is 0.968. The number of amides is 1. The quantitative estimate of drug-likeness (QED) is 0.801. The summed E-state index contributed by atoms with van der Waals surface area (Å²) in [7, 11) is 1.99. The molecule has 0 aliphatic rings. The highest BCUT2D eigenvalue weighted by Gasteiger charge is 2.31. The monoisotopic (exact) mass is 277 g/mol. The van der Waals surface area contributed by atoms with Gasteiger partial charge in [0.1, 0.15) is 5.54 Å². The van der Waals surface area contributed by atoms with E-state index in [1.807, 2.05) is 14.0 Å². The summed E-state index contributed by atoms with van der Waals surface area (Å²) in [5.41, 5.74) is 8.39. The summed E-state index contributed by atoms with van der Waals surface area (Å²) in [6, 6.07) is 6.38. The predicted octanol–water partition coefficient (Wildman–Crippen LogP) is 1.98. The maximum Gasteiger partial charge on any atom is 0.239 e. The van der Waals surface area contributed by atoms with Gasteiger partial charge in [0, 0.05) is 19.3 Å². The van der Waals surface area contributed by atoms with E-state index in [1.54, 1.807) is 0 Å². The number of hydrogen-bond acceptors (Lipinski definition) is 3. The topological polar surface area (TPSA) is 58.4 Å². The number of primary amides is 1. The summed E-state index contributed by atoms with van der Waals surface area (Å²) in [5, 5.41) is 3.26. The molecule has 0 spiro atoms. The SMILES string of the molecule is CCCNC(C)(CN(C)c1cc(C)cc(C)c1)C(N)=O. The molecule has 0 aliphatic carbocycles. The molecule has 0 fully saturated rings. The summed E-state index contributed by atoms with van der Waals surface area (Å²) >= 11 is 0. The maximum absolute atomic E-state index is 11.8. The second-order valence-corrected chi connectivity index (χ2v) is 5.83. The highest BCUT2D eigenvalue weighted by Crippen LogP contribution is 2.19. The van der Waals surface area contributed by atoms with Crippen LogP contribution >= 0.6 is 0 Å². The van der Waals surface area contributed by atoms with E-state index in [4.69, 9.17) is 5.73 Å². The van der Waals surface area contributed by atoms with Gasteiger partial charge in [0.2, 0.25) is 5.91 Å². The van der Waals surface area contributed by atoms with Crippen LogP contribution in [0, 0.1) is 13.8 Å². The van der Waals surface area contributed by atoms with Gasteiger partial charge in [-0.3, -0.25) is 4.79 Å². The first-order valence-electron chi connectivity index (χ1n) is 7.13. The Hall–Kier alpha value is -1.55. The van der Waals surface area contributed by atoms with Gasteiger partial charge in [-0.2, -0.15) is 0 Å². The molecule has 1 rings (SSSR count). The van der Waals surface area contributed by atoms with Crippen LogP contribution in [0.3, 0.4) is 0 Å². The number of benzene rings is 1. The van der Waals surface area contributed by atoms with Crippen molar-refractivity contribution < 1.29 is 4.79 Å². The molecule has 0 saturated carbocycles. The molecule has 0 aliphatic heterocycles. The van der Waals surface area contributed by atoms with Crippen LogP contribution in [-0.4, -0.2) is 31.6 Å². The highest BCUT2D eigenvalue weighted by molar-refractivity contribution is 5.85. The third kappa shape index (κ3) is 4.23. The summed E-state index contributed by atoms with van der Waals surface area (Å²) < 4.78 is 0. The molecule has 0 saturated heterocycles. The number of nitrogens with two attached hydrogens (primary N) is 1. The van der Waals surface area contributed by atoms with E-state index >= 15 is 0 Å². The maximum atomic E-state index is 11.8. The second kappa shape index (κ2) is 6.75. The number of hydrogen-bond donors (Lipinski definition) is 2. The molecule has 1 unspecified atom stereocenters. The molecule has 0 heterocycles. The van der Waals surface area contributed by atoms with Crippen LogP contribution in [0.2, 0.25) is 0 Å². The Kier molecular flexibility index (Phi) is 5.57. The number of carbonyl (C=O) groups is 1. The van der Waals surface area contributed by atoms with Crippen molar-refractivity contribution in [2.24, 2.45) is 5.73 Å². The Labute approximate surface area is 122 Å². The number of rotatable bonds is 7. The molecule has 3 N–H and O–H groups in total. The van der Waals surface area contributed by atoms with E-state index in [0.29, 0.717) is 6.54 Å². The Morgan fingerprint density at radius 1 is 1.30 bits per heavy atom.